The van der Waals surface area contributed by atoms with Crippen molar-refractivity contribution >= 4 is 11.4 Å². The lowest BCUT2D eigenvalue weighted by Crippen LogP contribution is -2.43. The molecule has 2 aliphatic rings. The lowest BCUT2D eigenvalue weighted by molar-refractivity contribution is -0.385. The number of nitro groups is 1. The summed E-state index contributed by atoms with van der Waals surface area (Å²) in [6.07, 6.45) is 4.69. The molecule has 21 heavy (non-hydrogen) atoms. The molecule has 1 saturated carbocycles. The molecule has 0 radical (unpaired) electrons. The average Bonchev–Trinajstić information content (AvgIpc) is 3.29. The van der Waals surface area contributed by atoms with E-state index in [0.717, 1.165) is 44.5 Å². The van der Waals surface area contributed by atoms with Crippen molar-refractivity contribution in [3.8, 4) is 0 Å². The van der Waals surface area contributed by atoms with Gasteiger partial charge in [0.15, 0.2) is 0 Å². The molecule has 1 aliphatic carbocycles. The molecule has 1 aromatic rings. The second kappa shape index (κ2) is 5.97. The highest BCUT2D eigenvalue weighted by Gasteiger charge is 2.25. The summed E-state index contributed by atoms with van der Waals surface area (Å²) in [7, 11) is 0. The van der Waals surface area contributed by atoms with Crippen LogP contribution in [0, 0.1) is 21.8 Å². The second-order valence-corrected chi connectivity index (χ2v) is 6.04. The lowest BCUT2D eigenvalue weighted by Gasteiger charge is -2.34. The summed E-state index contributed by atoms with van der Waals surface area (Å²) in [5.41, 5.74) is 0.432. The number of piperidine rings is 1. The minimum absolute atomic E-state index is 0.181. The fourth-order valence-corrected chi connectivity index (χ4v) is 2.84. The zero-order valence-electron chi connectivity index (χ0n) is 11.9. The van der Waals surface area contributed by atoms with Gasteiger partial charge in [0, 0.05) is 30.9 Å². The fraction of sp³-hybridized carbons (Fsp3) is 0.600. The minimum Gasteiger partial charge on any atom is -0.371 e. The quantitative estimate of drug-likeness (QED) is 0.670. The first-order valence-corrected chi connectivity index (χ1v) is 7.55. The maximum Gasteiger partial charge on any atom is 0.274 e. The molecule has 0 aromatic heterocycles. The summed E-state index contributed by atoms with van der Waals surface area (Å²) >= 11 is 0. The van der Waals surface area contributed by atoms with E-state index in [2.05, 4.69) is 5.32 Å². The molecule has 6 heteroatoms. The first-order valence-electron chi connectivity index (χ1n) is 7.55. The summed E-state index contributed by atoms with van der Waals surface area (Å²) in [4.78, 5) is 12.3. The van der Waals surface area contributed by atoms with Crippen molar-refractivity contribution < 1.29 is 9.31 Å². The smallest absolute Gasteiger partial charge is 0.274 e. The van der Waals surface area contributed by atoms with Gasteiger partial charge in [0.1, 0.15) is 5.82 Å². The van der Waals surface area contributed by atoms with Gasteiger partial charge in [0.25, 0.3) is 5.69 Å². The van der Waals surface area contributed by atoms with Crippen molar-refractivity contribution in [3.63, 3.8) is 0 Å². The Morgan fingerprint density at radius 1 is 1.24 bits per heavy atom. The van der Waals surface area contributed by atoms with Crippen molar-refractivity contribution in [3.05, 3.63) is 34.1 Å². The van der Waals surface area contributed by atoms with E-state index in [1.54, 1.807) is 0 Å². The largest absolute Gasteiger partial charge is 0.371 e. The minimum atomic E-state index is -0.548. The Bertz CT molecular complexity index is 526. The molecule has 1 aromatic carbocycles. The number of hydrogen-bond donors (Lipinski definition) is 1. The van der Waals surface area contributed by atoms with E-state index in [9.17, 15) is 14.5 Å². The summed E-state index contributed by atoms with van der Waals surface area (Å²) < 4.78 is 13.5. The Morgan fingerprint density at radius 3 is 2.57 bits per heavy atom. The second-order valence-electron chi connectivity index (χ2n) is 6.04. The molecule has 1 heterocycles. The third-order valence-electron chi connectivity index (χ3n) is 4.33. The topological polar surface area (TPSA) is 58.4 Å². The first kappa shape index (κ1) is 14.3. The van der Waals surface area contributed by atoms with Gasteiger partial charge in [-0.3, -0.25) is 10.1 Å². The van der Waals surface area contributed by atoms with Crippen molar-refractivity contribution in [2.75, 3.05) is 24.5 Å². The molecule has 0 atom stereocenters. The summed E-state index contributed by atoms with van der Waals surface area (Å²) in [5.74, 6) is 0.321. The van der Waals surface area contributed by atoms with Gasteiger partial charge in [-0.2, -0.15) is 0 Å². The van der Waals surface area contributed by atoms with Crippen molar-refractivity contribution in [1.82, 2.24) is 5.32 Å². The van der Waals surface area contributed by atoms with Crippen LogP contribution in [0.2, 0.25) is 0 Å². The first-order chi connectivity index (χ1) is 10.1. The fourth-order valence-electron chi connectivity index (χ4n) is 2.84. The van der Waals surface area contributed by atoms with E-state index in [1.165, 1.54) is 25.0 Å². The Morgan fingerprint density at radius 2 is 1.95 bits per heavy atom. The molecular weight excluding hydrogens is 273 g/mol. The molecule has 3 rings (SSSR count). The van der Waals surface area contributed by atoms with Crippen LogP contribution < -0.4 is 10.2 Å². The van der Waals surface area contributed by atoms with Crippen LogP contribution in [0.4, 0.5) is 15.8 Å². The van der Waals surface area contributed by atoms with Gasteiger partial charge in [-0.15, -0.1) is 0 Å². The predicted molar refractivity (Wildman–Crippen MR) is 79.0 cm³/mol. The summed E-state index contributed by atoms with van der Waals surface area (Å²) in [5, 5.41) is 14.4. The van der Waals surface area contributed by atoms with Gasteiger partial charge < -0.3 is 10.2 Å². The van der Waals surface area contributed by atoms with E-state index in [-0.39, 0.29) is 5.69 Å². The van der Waals surface area contributed by atoms with Crippen molar-refractivity contribution in [2.24, 2.45) is 5.92 Å². The lowest BCUT2D eigenvalue weighted by atomic mass is 10.0. The predicted octanol–water partition coefficient (Wildman–Crippen LogP) is 2.70. The molecule has 0 bridgehead atoms. The molecule has 0 amide bonds. The number of nitrogens with zero attached hydrogens (tertiary/aromatic N) is 2. The third kappa shape index (κ3) is 3.69. The third-order valence-corrected chi connectivity index (χ3v) is 4.33. The number of nitrogens with one attached hydrogen (secondary N) is 1. The number of benzene rings is 1. The highest BCUT2D eigenvalue weighted by atomic mass is 19.1. The zero-order chi connectivity index (χ0) is 14.8. The van der Waals surface area contributed by atoms with Gasteiger partial charge in [0.05, 0.1) is 11.0 Å². The number of halogens is 1. The van der Waals surface area contributed by atoms with E-state index < -0.39 is 10.7 Å². The van der Waals surface area contributed by atoms with Crippen LogP contribution in [0.1, 0.15) is 25.7 Å². The van der Waals surface area contributed by atoms with Gasteiger partial charge in [-0.05, 0) is 44.2 Å². The van der Waals surface area contributed by atoms with E-state index in [4.69, 9.17) is 0 Å². The van der Waals surface area contributed by atoms with Crippen LogP contribution in [-0.2, 0) is 0 Å². The van der Waals surface area contributed by atoms with Gasteiger partial charge in [0.2, 0.25) is 0 Å². The van der Waals surface area contributed by atoms with E-state index in [1.807, 2.05) is 4.90 Å². The number of hydrogen-bond acceptors (Lipinski definition) is 4. The maximum absolute atomic E-state index is 13.5. The van der Waals surface area contributed by atoms with Crippen LogP contribution >= 0.6 is 0 Å². The van der Waals surface area contributed by atoms with Crippen LogP contribution in [0.25, 0.3) is 0 Å². The Balaban J connectivity index is 1.59. The van der Waals surface area contributed by atoms with Crippen LogP contribution in [0.15, 0.2) is 18.2 Å². The van der Waals surface area contributed by atoms with Crippen LogP contribution in [-0.4, -0.2) is 30.6 Å². The van der Waals surface area contributed by atoms with Crippen molar-refractivity contribution in [1.29, 1.82) is 0 Å². The Kier molecular flexibility index (Phi) is 4.05. The van der Waals surface area contributed by atoms with E-state index in [0.29, 0.717) is 11.7 Å². The maximum atomic E-state index is 13.5. The number of nitro benzene ring substituents is 1. The van der Waals surface area contributed by atoms with Crippen LogP contribution in [0.3, 0.4) is 0 Å². The molecule has 5 nitrogen and oxygen atoms in total. The normalized spacial score (nSPS) is 19.8. The molecule has 0 unspecified atom stereocenters. The number of anilines is 1. The standard InChI is InChI=1S/C15H20FN3O2/c16-12-7-14(9-15(8-12)19(20)21)18-5-3-13(4-6-18)17-10-11-1-2-11/h7-9,11,13,17H,1-6,10H2. The molecule has 0 spiro atoms. The Labute approximate surface area is 123 Å². The molecule has 2 fully saturated rings. The average molecular weight is 293 g/mol. The Hall–Kier alpha value is -1.69. The summed E-state index contributed by atoms with van der Waals surface area (Å²) in [6, 6.07) is 4.32. The van der Waals surface area contributed by atoms with Crippen LogP contribution in [0.5, 0.6) is 0 Å². The summed E-state index contributed by atoms with van der Waals surface area (Å²) in [6.45, 7) is 2.72. The monoisotopic (exact) mass is 293 g/mol. The molecule has 114 valence electrons. The highest BCUT2D eigenvalue weighted by Crippen LogP contribution is 2.29. The molecule has 1 saturated heterocycles. The molecule has 1 N–H and O–H groups in total. The molecule has 1 aliphatic heterocycles. The number of rotatable bonds is 5. The van der Waals surface area contributed by atoms with Crippen molar-refractivity contribution in [2.45, 2.75) is 31.7 Å². The van der Waals surface area contributed by atoms with Gasteiger partial charge >= 0.3 is 0 Å². The molecular formula is C15H20FN3O2. The number of non-ortho nitro benzene ring substituents is 1. The SMILES string of the molecule is O=[N+]([O-])c1cc(F)cc(N2CCC(NCC3CC3)CC2)c1. The zero-order valence-corrected chi connectivity index (χ0v) is 11.9. The van der Waals surface area contributed by atoms with Gasteiger partial charge in [-0.25, -0.2) is 4.39 Å². The highest BCUT2D eigenvalue weighted by molar-refractivity contribution is 5.54. The van der Waals surface area contributed by atoms with E-state index >= 15 is 0 Å². The van der Waals surface area contributed by atoms with Gasteiger partial charge in [-0.1, -0.05) is 0 Å².